The van der Waals surface area contributed by atoms with Crippen LogP contribution in [0, 0.1) is 0 Å². The number of hydrogen-bond acceptors (Lipinski definition) is 4. The second-order valence-corrected chi connectivity index (χ2v) is 8.44. The van der Waals surface area contributed by atoms with E-state index in [9.17, 15) is 31.2 Å². The predicted molar refractivity (Wildman–Crippen MR) is 95.9 cm³/mol. The van der Waals surface area contributed by atoms with E-state index in [2.05, 4.69) is 5.32 Å². The van der Waals surface area contributed by atoms with Gasteiger partial charge in [-0.15, -0.1) is 0 Å². The molecule has 0 aromatic heterocycles. The van der Waals surface area contributed by atoms with Gasteiger partial charge in [0.05, 0.1) is 16.1 Å². The zero-order valence-electron chi connectivity index (χ0n) is 14.1. The molecule has 1 atom stereocenters. The van der Waals surface area contributed by atoms with Gasteiger partial charge in [-0.1, -0.05) is 17.7 Å². The Hall–Kier alpha value is -2.59. The molecule has 6 nitrogen and oxygen atoms in total. The molecule has 148 valence electrons. The summed E-state index contributed by atoms with van der Waals surface area (Å²) in [5, 5.41) is 0.138. The quantitative estimate of drug-likeness (QED) is 0.739. The van der Waals surface area contributed by atoms with Gasteiger partial charge in [0.15, 0.2) is 0 Å². The van der Waals surface area contributed by atoms with Crippen LogP contribution < -0.4 is 10.2 Å². The SMILES string of the molecule is CN1C(=O)C(C(=O)Nc2cccc(C(F)(F)F)c2)S(=O)(=O)c2ccc(Cl)cc21. The van der Waals surface area contributed by atoms with E-state index >= 15 is 0 Å². The highest BCUT2D eigenvalue weighted by molar-refractivity contribution is 7.94. The van der Waals surface area contributed by atoms with Crippen molar-refractivity contribution in [2.75, 3.05) is 17.3 Å². The standard InChI is InChI=1S/C17H12ClF3N2O4S/c1-23-12-8-10(18)5-6-13(12)28(26,27)14(16(23)25)15(24)22-11-4-2-3-9(7-11)17(19,20)21/h2-8,14H,1H3,(H,22,24). The lowest BCUT2D eigenvalue weighted by molar-refractivity contribution is -0.137. The first-order valence-electron chi connectivity index (χ1n) is 7.72. The molecule has 1 aliphatic heterocycles. The summed E-state index contributed by atoms with van der Waals surface area (Å²) in [7, 11) is -3.15. The predicted octanol–water partition coefficient (Wildman–Crippen LogP) is 3.12. The van der Waals surface area contributed by atoms with Crippen molar-refractivity contribution >= 4 is 44.6 Å². The summed E-state index contributed by atoms with van der Waals surface area (Å²) < 4.78 is 64.0. The molecule has 2 aromatic carbocycles. The second kappa shape index (κ2) is 6.78. The molecule has 11 heteroatoms. The molecule has 0 saturated carbocycles. The van der Waals surface area contributed by atoms with Crippen molar-refractivity contribution in [3.63, 3.8) is 0 Å². The molecule has 3 rings (SSSR count). The van der Waals surface area contributed by atoms with Gasteiger partial charge in [0.25, 0.3) is 11.8 Å². The minimum Gasteiger partial charge on any atom is -0.324 e. The van der Waals surface area contributed by atoms with Gasteiger partial charge in [0.1, 0.15) is 0 Å². The van der Waals surface area contributed by atoms with Gasteiger partial charge in [0.2, 0.25) is 15.1 Å². The summed E-state index contributed by atoms with van der Waals surface area (Å²) in [5.74, 6) is -2.30. The Bertz CT molecular complexity index is 1090. The molecule has 0 fully saturated rings. The third-order valence-electron chi connectivity index (χ3n) is 4.15. The van der Waals surface area contributed by atoms with Crippen molar-refractivity contribution < 1.29 is 31.2 Å². The molecule has 2 amide bonds. The van der Waals surface area contributed by atoms with Gasteiger partial charge in [-0.05, 0) is 36.4 Å². The molecular weight excluding hydrogens is 421 g/mol. The Morgan fingerprint density at radius 2 is 1.86 bits per heavy atom. The zero-order valence-corrected chi connectivity index (χ0v) is 15.7. The average molecular weight is 433 g/mol. The number of fused-ring (bicyclic) bond motifs is 1. The number of nitrogens with one attached hydrogen (secondary N) is 1. The van der Waals surface area contributed by atoms with E-state index in [0.29, 0.717) is 6.07 Å². The molecule has 0 radical (unpaired) electrons. The van der Waals surface area contributed by atoms with E-state index in [0.717, 1.165) is 23.1 Å². The molecule has 1 aliphatic rings. The van der Waals surface area contributed by atoms with Crippen LogP contribution in [0.2, 0.25) is 5.02 Å². The molecule has 0 aliphatic carbocycles. The molecule has 0 bridgehead atoms. The number of carbonyl (C=O) groups is 2. The number of hydrogen-bond donors (Lipinski definition) is 1. The van der Waals surface area contributed by atoms with Gasteiger partial charge in [0, 0.05) is 17.8 Å². The Balaban J connectivity index is 1.98. The molecule has 1 N–H and O–H groups in total. The number of amides is 2. The lowest BCUT2D eigenvalue weighted by atomic mass is 10.2. The maximum atomic E-state index is 12.8. The third kappa shape index (κ3) is 3.45. The monoisotopic (exact) mass is 432 g/mol. The van der Waals surface area contributed by atoms with E-state index in [1.54, 1.807) is 0 Å². The van der Waals surface area contributed by atoms with Crippen LogP contribution in [0.1, 0.15) is 5.56 Å². The van der Waals surface area contributed by atoms with Crippen molar-refractivity contribution in [2.24, 2.45) is 0 Å². The highest BCUT2D eigenvalue weighted by Gasteiger charge is 2.48. The molecule has 1 heterocycles. The fourth-order valence-electron chi connectivity index (χ4n) is 2.78. The van der Waals surface area contributed by atoms with Crippen LogP contribution in [0.25, 0.3) is 0 Å². The Labute approximate surface area is 162 Å². The maximum Gasteiger partial charge on any atom is 0.416 e. The average Bonchev–Trinajstić information content (AvgIpc) is 2.59. The minimum absolute atomic E-state index is 0.0145. The Morgan fingerprint density at radius 1 is 1.18 bits per heavy atom. The molecular formula is C17H12ClF3N2O4S. The molecule has 28 heavy (non-hydrogen) atoms. The number of benzene rings is 2. The highest BCUT2D eigenvalue weighted by atomic mass is 35.5. The van der Waals surface area contributed by atoms with Gasteiger partial charge >= 0.3 is 6.18 Å². The second-order valence-electron chi connectivity index (χ2n) is 6.00. The summed E-state index contributed by atoms with van der Waals surface area (Å²) in [5.41, 5.74) is -1.30. The van der Waals surface area contributed by atoms with E-state index in [-0.39, 0.29) is 21.3 Å². The van der Waals surface area contributed by atoms with Crippen molar-refractivity contribution in [1.82, 2.24) is 0 Å². The normalized spacial score (nSPS) is 18.5. The highest BCUT2D eigenvalue weighted by Crippen LogP contribution is 2.36. The summed E-state index contributed by atoms with van der Waals surface area (Å²) >= 11 is 5.84. The molecule has 0 saturated heterocycles. The summed E-state index contributed by atoms with van der Waals surface area (Å²) in [4.78, 5) is 25.8. The Morgan fingerprint density at radius 3 is 2.50 bits per heavy atom. The maximum absolute atomic E-state index is 12.8. The van der Waals surface area contributed by atoms with E-state index in [4.69, 9.17) is 11.6 Å². The number of anilines is 2. The summed E-state index contributed by atoms with van der Waals surface area (Å²) in [6, 6.07) is 7.39. The van der Waals surface area contributed by atoms with Gasteiger partial charge in [-0.2, -0.15) is 13.2 Å². The summed E-state index contributed by atoms with van der Waals surface area (Å²) in [6.07, 6.45) is -4.65. The molecule has 1 unspecified atom stereocenters. The van der Waals surface area contributed by atoms with Crippen LogP contribution in [0.4, 0.5) is 24.5 Å². The largest absolute Gasteiger partial charge is 0.416 e. The van der Waals surface area contributed by atoms with E-state index in [1.807, 2.05) is 0 Å². The van der Waals surface area contributed by atoms with Crippen molar-refractivity contribution in [3.05, 3.63) is 53.1 Å². The minimum atomic E-state index is -4.65. The van der Waals surface area contributed by atoms with Gasteiger partial charge < -0.3 is 10.2 Å². The Kier molecular flexibility index (Phi) is 4.88. The number of alkyl halides is 3. The lowest BCUT2D eigenvalue weighted by Crippen LogP contribution is -2.51. The van der Waals surface area contributed by atoms with Crippen LogP contribution in [0.3, 0.4) is 0 Å². The first-order valence-corrected chi connectivity index (χ1v) is 9.64. The first-order chi connectivity index (χ1) is 12.9. The zero-order chi connectivity index (χ0) is 20.9. The summed E-state index contributed by atoms with van der Waals surface area (Å²) in [6.45, 7) is 0. The fourth-order valence-corrected chi connectivity index (χ4v) is 4.71. The van der Waals surface area contributed by atoms with Crippen molar-refractivity contribution in [1.29, 1.82) is 0 Å². The topological polar surface area (TPSA) is 83.6 Å². The van der Waals surface area contributed by atoms with Crippen LogP contribution in [-0.4, -0.2) is 32.5 Å². The first kappa shape index (κ1) is 20.2. The van der Waals surface area contributed by atoms with Gasteiger partial charge in [-0.3, -0.25) is 9.59 Å². The van der Waals surface area contributed by atoms with Gasteiger partial charge in [-0.25, -0.2) is 8.42 Å². The number of nitrogens with zero attached hydrogens (tertiary/aromatic N) is 1. The smallest absolute Gasteiger partial charge is 0.324 e. The van der Waals surface area contributed by atoms with Crippen molar-refractivity contribution in [2.45, 2.75) is 16.3 Å². The fraction of sp³-hybridized carbons (Fsp3) is 0.176. The number of sulfone groups is 1. The van der Waals surface area contributed by atoms with Crippen molar-refractivity contribution in [3.8, 4) is 0 Å². The number of carbonyl (C=O) groups excluding carboxylic acids is 2. The molecule has 2 aromatic rings. The van der Waals surface area contributed by atoms with E-state index < -0.39 is 38.6 Å². The number of rotatable bonds is 2. The van der Waals surface area contributed by atoms with Crippen LogP contribution in [0.5, 0.6) is 0 Å². The van der Waals surface area contributed by atoms with E-state index in [1.165, 1.54) is 25.2 Å². The lowest BCUT2D eigenvalue weighted by Gasteiger charge is -2.30. The van der Waals surface area contributed by atoms with Crippen LogP contribution in [-0.2, 0) is 25.6 Å². The van der Waals surface area contributed by atoms with Crippen LogP contribution in [0.15, 0.2) is 47.4 Å². The van der Waals surface area contributed by atoms with Crippen LogP contribution >= 0.6 is 11.6 Å². The third-order valence-corrected chi connectivity index (χ3v) is 6.38. The number of halogens is 4. The molecule has 0 spiro atoms.